The number of hydrogen-bond donors (Lipinski definition) is 1. The van der Waals surface area contributed by atoms with E-state index in [4.69, 9.17) is 4.42 Å². The summed E-state index contributed by atoms with van der Waals surface area (Å²) in [6.45, 7) is 12.3. The highest BCUT2D eigenvalue weighted by Crippen LogP contribution is 2.40. The molecular formula is C19H28N2O4. The summed E-state index contributed by atoms with van der Waals surface area (Å²) in [7, 11) is 0. The SMILES string of the molecule is CCN(CC)CCN1C(=O)C(O)=C(C(=O)C(C)(C)C)C1c1ccco1. The second-order valence-electron chi connectivity index (χ2n) is 7.28. The monoisotopic (exact) mass is 348 g/mol. The van der Waals surface area contributed by atoms with Gasteiger partial charge in [-0.25, -0.2) is 0 Å². The lowest BCUT2D eigenvalue weighted by molar-refractivity contribution is -0.129. The molecule has 1 aromatic rings. The summed E-state index contributed by atoms with van der Waals surface area (Å²) in [6.07, 6.45) is 1.51. The number of nitrogens with zero attached hydrogens (tertiary/aromatic N) is 2. The minimum absolute atomic E-state index is 0.131. The summed E-state index contributed by atoms with van der Waals surface area (Å²) in [5.41, 5.74) is -0.574. The standard InChI is InChI=1S/C19H28N2O4/c1-6-20(7-2)10-11-21-15(13-9-8-12-25-13)14(16(22)18(21)24)17(23)19(3,4)5/h8-9,12,15,22H,6-7,10-11H2,1-5H3. The lowest BCUT2D eigenvalue weighted by atomic mass is 9.83. The van der Waals surface area contributed by atoms with Gasteiger partial charge in [0.25, 0.3) is 5.91 Å². The van der Waals surface area contributed by atoms with E-state index >= 15 is 0 Å². The predicted molar refractivity (Wildman–Crippen MR) is 95.1 cm³/mol. The molecule has 0 aromatic carbocycles. The number of amides is 1. The van der Waals surface area contributed by atoms with Crippen LogP contribution >= 0.6 is 0 Å². The van der Waals surface area contributed by atoms with Gasteiger partial charge in [-0.05, 0) is 25.2 Å². The molecule has 2 rings (SSSR count). The lowest BCUT2D eigenvalue weighted by Gasteiger charge is -2.29. The summed E-state index contributed by atoms with van der Waals surface area (Å²) >= 11 is 0. The Hall–Kier alpha value is -2.08. The van der Waals surface area contributed by atoms with Gasteiger partial charge in [-0.15, -0.1) is 0 Å². The van der Waals surface area contributed by atoms with Crippen LogP contribution in [-0.2, 0) is 9.59 Å². The first-order valence-electron chi connectivity index (χ1n) is 8.77. The van der Waals surface area contributed by atoms with Gasteiger partial charge < -0.3 is 19.3 Å². The summed E-state index contributed by atoms with van der Waals surface area (Å²) in [5.74, 6) is -0.725. The minimum atomic E-state index is -0.705. The predicted octanol–water partition coefficient (Wildman–Crippen LogP) is 2.93. The van der Waals surface area contributed by atoms with Crippen LogP contribution in [0.15, 0.2) is 34.1 Å². The minimum Gasteiger partial charge on any atom is -0.503 e. The van der Waals surface area contributed by atoms with E-state index in [0.717, 1.165) is 13.1 Å². The Morgan fingerprint density at radius 1 is 1.32 bits per heavy atom. The van der Waals surface area contributed by atoms with Gasteiger partial charge in [0.05, 0.1) is 11.8 Å². The quantitative estimate of drug-likeness (QED) is 0.820. The van der Waals surface area contributed by atoms with Crippen molar-refractivity contribution in [3.63, 3.8) is 0 Å². The molecule has 0 spiro atoms. The fourth-order valence-electron chi connectivity index (χ4n) is 3.05. The van der Waals surface area contributed by atoms with Crippen molar-refractivity contribution >= 4 is 11.7 Å². The van der Waals surface area contributed by atoms with E-state index in [1.165, 1.54) is 11.2 Å². The van der Waals surface area contributed by atoms with Gasteiger partial charge in [-0.2, -0.15) is 0 Å². The van der Waals surface area contributed by atoms with Crippen LogP contribution in [-0.4, -0.2) is 52.8 Å². The van der Waals surface area contributed by atoms with Crippen LogP contribution < -0.4 is 0 Å². The van der Waals surface area contributed by atoms with Crippen molar-refractivity contribution in [3.05, 3.63) is 35.5 Å². The van der Waals surface area contributed by atoms with Gasteiger partial charge in [0.1, 0.15) is 11.8 Å². The van der Waals surface area contributed by atoms with Gasteiger partial charge in [0.15, 0.2) is 11.5 Å². The number of aliphatic hydroxyl groups excluding tert-OH is 1. The zero-order valence-electron chi connectivity index (χ0n) is 15.7. The van der Waals surface area contributed by atoms with Gasteiger partial charge in [0, 0.05) is 18.5 Å². The largest absolute Gasteiger partial charge is 0.503 e. The van der Waals surface area contributed by atoms with Crippen LogP contribution in [0.1, 0.15) is 46.4 Å². The Morgan fingerprint density at radius 3 is 2.44 bits per heavy atom. The summed E-state index contributed by atoms with van der Waals surface area (Å²) in [4.78, 5) is 29.2. The third-order valence-electron chi connectivity index (χ3n) is 4.59. The molecule has 25 heavy (non-hydrogen) atoms. The molecule has 0 saturated heterocycles. The fourth-order valence-corrected chi connectivity index (χ4v) is 3.05. The molecule has 6 heteroatoms. The maximum atomic E-state index is 12.9. The molecule has 1 N–H and O–H groups in total. The molecule has 1 aliphatic heterocycles. The molecule has 0 radical (unpaired) electrons. The van der Waals surface area contributed by atoms with Crippen molar-refractivity contribution in [2.24, 2.45) is 5.41 Å². The van der Waals surface area contributed by atoms with Crippen LogP contribution in [0.4, 0.5) is 0 Å². The van der Waals surface area contributed by atoms with Crippen LogP contribution in [0.2, 0.25) is 0 Å². The Bertz CT molecular complexity index is 651. The molecule has 1 atom stereocenters. The Balaban J connectivity index is 2.38. The Kier molecular flexibility index (Phi) is 5.72. The maximum Gasteiger partial charge on any atom is 0.290 e. The van der Waals surface area contributed by atoms with Crippen molar-refractivity contribution in [3.8, 4) is 0 Å². The number of Topliss-reactive ketones (excluding diaryl/α,β-unsaturated/α-hetero) is 1. The van der Waals surface area contributed by atoms with Gasteiger partial charge >= 0.3 is 0 Å². The number of rotatable bonds is 7. The van der Waals surface area contributed by atoms with E-state index < -0.39 is 23.1 Å². The molecule has 6 nitrogen and oxygen atoms in total. The average Bonchev–Trinajstić information content (AvgIpc) is 3.16. The third-order valence-corrected chi connectivity index (χ3v) is 4.59. The molecule has 0 saturated carbocycles. The lowest BCUT2D eigenvalue weighted by Crippen LogP contribution is -2.39. The summed E-state index contributed by atoms with van der Waals surface area (Å²) in [5, 5.41) is 10.4. The van der Waals surface area contributed by atoms with Crippen LogP contribution in [0.25, 0.3) is 0 Å². The molecule has 0 bridgehead atoms. The number of hydrogen-bond acceptors (Lipinski definition) is 5. The van der Waals surface area contributed by atoms with E-state index in [-0.39, 0.29) is 11.4 Å². The third kappa shape index (κ3) is 3.79. The Labute approximate surface area is 149 Å². The van der Waals surface area contributed by atoms with Crippen molar-refractivity contribution in [1.82, 2.24) is 9.80 Å². The van der Waals surface area contributed by atoms with E-state index in [1.807, 2.05) is 0 Å². The van der Waals surface area contributed by atoms with E-state index in [0.29, 0.717) is 18.8 Å². The molecule has 2 heterocycles. The number of ketones is 1. The van der Waals surface area contributed by atoms with Crippen molar-refractivity contribution in [2.45, 2.75) is 40.7 Å². The highest BCUT2D eigenvalue weighted by Gasteiger charge is 2.47. The summed E-state index contributed by atoms with van der Waals surface area (Å²) in [6, 6.07) is 2.78. The smallest absolute Gasteiger partial charge is 0.290 e. The molecule has 1 unspecified atom stereocenters. The zero-order chi connectivity index (χ0) is 18.8. The Morgan fingerprint density at radius 2 is 1.96 bits per heavy atom. The van der Waals surface area contributed by atoms with E-state index in [9.17, 15) is 14.7 Å². The molecule has 138 valence electrons. The van der Waals surface area contributed by atoms with Crippen molar-refractivity contribution in [2.75, 3.05) is 26.2 Å². The van der Waals surface area contributed by atoms with Crippen LogP contribution in [0.3, 0.4) is 0 Å². The second kappa shape index (κ2) is 7.44. The topological polar surface area (TPSA) is 74.0 Å². The fraction of sp³-hybridized carbons (Fsp3) is 0.579. The van der Waals surface area contributed by atoms with Crippen LogP contribution in [0, 0.1) is 5.41 Å². The van der Waals surface area contributed by atoms with Gasteiger partial charge in [-0.3, -0.25) is 9.59 Å². The highest BCUT2D eigenvalue weighted by molar-refractivity contribution is 6.10. The number of carbonyl (C=O) groups is 2. The summed E-state index contributed by atoms with van der Waals surface area (Å²) < 4.78 is 5.49. The normalized spacial score (nSPS) is 18.6. The number of furan rings is 1. The first kappa shape index (κ1) is 19.2. The first-order valence-corrected chi connectivity index (χ1v) is 8.77. The molecule has 1 aromatic heterocycles. The average molecular weight is 348 g/mol. The zero-order valence-corrected chi connectivity index (χ0v) is 15.7. The van der Waals surface area contributed by atoms with E-state index in [2.05, 4.69) is 18.7 Å². The molecule has 1 amide bonds. The van der Waals surface area contributed by atoms with E-state index in [1.54, 1.807) is 32.9 Å². The molecule has 0 aliphatic carbocycles. The van der Waals surface area contributed by atoms with Crippen molar-refractivity contribution < 1.29 is 19.1 Å². The molecular weight excluding hydrogens is 320 g/mol. The van der Waals surface area contributed by atoms with Gasteiger partial charge in [-0.1, -0.05) is 34.6 Å². The molecule has 1 aliphatic rings. The number of aliphatic hydroxyl groups is 1. The number of carbonyl (C=O) groups excluding carboxylic acids is 2. The molecule has 0 fully saturated rings. The maximum absolute atomic E-state index is 12.9. The number of likely N-dealkylation sites (N-methyl/N-ethyl adjacent to an activating group) is 1. The van der Waals surface area contributed by atoms with Crippen LogP contribution in [0.5, 0.6) is 0 Å². The van der Waals surface area contributed by atoms with Gasteiger partial charge in [0.2, 0.25) is 0 Å². The first-order chi connectivity index (χ1) is 11.7. The van der Waals surface area contributed by atoms with Crippen molar-refractivity contribution in [1.29, 1.82) is 0 Å². The highest BCUT2D eigenvalue weighted by atomic mass is 16.3. The second-order valence-corrected chi connectivity index (χ2v) is 7.28.